The van der Waals surface area contributed by atoms with Gasteiger partial charge in [0.05, 0.1) is 7.11 Å². The molecule has 4 heteroatoms. The number of rotatable bonds is 6. The summed E-state index contributed by atoms with van der Waals surface area (Å²) in [5.41, 5.74) is 6.74. The Kier molecular flexibility index (Phi) is 6.02. The maximum atomic E-state index is 11.6. The van der Waals surface area contributed by atoms with Crippen molar-refractivity contribution in [2.75, 3.05) is 7.11 Å². The Morgan fingerprint density at radius 2 is 2.05 bits per heavy atom. The molecule has 112 valence electrons. The molecule has 1 rings (SSSR count). The summed E-state index contributed by atoms with van der Waals surface area (Å²) in [5.74, 6) is 0.625. The molecule has 4 nitrogen and oxygen atoms in total. The number of ether oxygens (including phenoxy) is 2. The Hall–Kier alpha value is -1.55. The third-order valence-corrected chi connectivity index (χ3v) is 2.77. The van der Waals surface area contributed by atoms with Crippen LogP contribution in [0.5, 0.6) is 5.75 Å². The van der Waals surface area contributed by atoms with Gasteiger partial charge in [-0.05, 0) is 51.3 Å². The summed E-state index contributed by atoms with van der Waals surface area (Å²) in [6.07, 6.45) is 1.69. The van der Waals surface area contributed by atoms with E-state index in [-0.39, 0.29) is 12.0 Å². The number of carbonyl (C=O) groups excluding carboxylic acids is 1. The summed E-state index contributed by atoms with van der Waals surface area (Å²) in [5, 5.41) is 0. The first kappa shape index (κ1) is 16.5. The van der Waals surface area contributed by atoms with Gasteiger partial charge in [0.25, 0.3) is 0 Å². The molecule has 0 fully saturated rings. The van der Waals surface area contributed by atoms with Crippen LogP contribution < -0.4 is 10.5 Å². The van der Waals surface area contributed by atoms with Crippen LogP contribution in [-0.2, 0) is 16.0 Å². The lowest BCUT2D eigenvalue weighted by Crippen LogP contribution is -2.27. The smallest absolute Gasteiger partial charge is 0.306 e. The fraction of sp³-hybridized carbons (Fsp3) is 0.562. The summed E-state index contributed by atoms with van der Waals surface area (Å²) in [4.78, 5) is 11.6. The molecule has 20 heavy (non-hydrogen) atoms. The van der Waals surface area contributed by atoms with Crippen LogP contribution >= 0.6 is 0 Å². The molecule has 0 aromatic heterocycles. The van der Waals surface area contributed by atoms with Gasteiger partial charge in [0, 0.05) is 12.5 Å². The molecule has 2 N–H and O–H groups in total. The summed E-state index contributed by atoms with van der Waals surface area (Å²) < 4.78 is 10.4. The SMILES string of the molecule is COc1cccc(CC(N)CCC(=O)OC(C)(C)C)c1. The van der Waals surface area contributed by atoms with E-state index >= 15 is 0 Å². The van der Waals surface area contributed by atoms with Gasteiger partial charge < -0.3 is 15.2 Å². The number of carbonyl (C=O) groups is 1. The fourth-order valence-electron chi connectivity index (χ4n) is 1.90. The van der Waals surface area contributed by atoms with Crippen molar-refractivity contribution in [3.63, 3.8) is 0 Å². The summed E-state index contributed by atoms with van der Waals surface area (Å²) in [6, 6.07) is 7.75. The van der Waals surface area contributed by atoms with Crippen molar-refractivity contribution in [3.8, 4) is 5.75 Å². The van der Waals surface area contributed by atoms with E-state index < -0.39 is 5.60 Å². The minimum absolute atomic E-state index is 0.0605. The van der Waals surface area contributed by atoms with E-state index in [0.29, 0.717) is 12.8 Å². The van der Waals surface area contributed by atoms with E-state index in [9.17, 15) is 4.79 Å². The van der Waals surface area contributed by atoms with Gasteiger partial charge in [0.15, 0.2) is 0 Å². The molecule has 0 saturated carbocycles. The molecule has 0 heterocycles. The Labute approximate surface area is 121 Å². The van der Waals surface area contributed by atoms with Crippen LogP contribution in [0.1, 0.15) is 39.2 Å². The maximum absolute atomic E-state index is 11.6. The highest BCUT2D eigenvalue weighted by atomic mass is 16.6. The zero-order valence-corrected chi connectivity index (χ0v) is 12.8. The molecule has 1 aromatic carbocycles. The van der Waals surface area contributed by atoms with E-state index in [1.807, 2.05) is 45.0 Å². The van der Waals surface area contributed by atoms with Crippen molar-refractivity contribution >= 4 is 5.97 Å². The van der Waals surface area contributed by atoms with Gasteiger partial charge in [-0.3, -0.25) is 4.79 Å². The molecule has 0 bridgehead atoms. The second kappa shape index (κ2) is 7.29. The van der Waals surface area contributed by atoms with Gasteiger partial charge in [-0.1, -0.05) is 12.1 Å². The molecule has 0 aliphatic rings. The lowest BCUT2D eigenvalue weighted by atomic mass is 10.0. The van der Waals surface area contributed by atoms with Crippen molar-refractivity contribution in [2.24, 2.45) is 5.73 Å². The van der Waals surface area contributed by atoms with Crippen LogP contribution in [0.4, 0.5) is 0 Å². The average molecular weight is 279 g/mol. The molecular formula is C16H25NO3. The monoisotopic (exact) mass is 279 g/mol. The predicted octanol–water partition coefficient (Wildman–Crippen LogP) is 2.69. The normalized spacial score (nSPS) is 12.8. The van der Waals surface area contributed by atoms with Gasteiger partial charge in [0.1, 0.15) is 11.4 Å². The molecular weight excluding hydrogens is 254 g/mol. The molecule has 0 spiro atoms. The van der Waals surface area contributed by atoms with Crippen LogP contribution in [0.3, 0.4) is 0 Å². The van der Waals surface area contributed by atoms with E-state index in [0.717, 1.165) is 17.7 Å². The summed E-state index contributed by atoms with van der Waals surface area (Å²) >= 11 is 0. The number of hydrogen-bond acceptors (Lipinski definition) is 4. The molecule has 0 radical (unpaired) electrons. The molecule has 1 aromatic rings. The van der Waals surface area contributed by atoms with E-state index in [4.69, 9.17) is 15.2 Å². The molecule has 0 saturated heterocycles. The Balaban J connectivity index is 2.40. The Morgan fingerprint density at radius 3 is 2.65 bits per heavy atom. The van der Waals surface area contributed by atoms with Crippen molar-refractivity contribution in [1.82, 2.24) is 0 Å². The molecule has 0 aliphatic heterocycles. The molecule has 1 atom stereocenters. The first-order chi connectivity index (χ1) is 9.30. The third kappa shape index (κ3) is 6.57. The highest BCUT2D eigenvalue weighted by Crippen LogP contribution is 2.15. The lowest BCUT2D eigenvalue weighted by molar-refractivity contribution is -0.155. The largest absolute Gasteiger partial charge is 0.497 e. The van der Waals surface area contributed by atoms with Gasteiger partial charge in [-0.2, -0.15) is 0 Å². The second-order valence-electron chi connectivity index (χ2n) is 5.94. The van der Waals surface area contributed by atoms with Crippen LogP contribution in [0.15, 0.2) is 24.3 Å². The van der Waals surface area contributed by atoms with Crippen molar-refractivity contribution in [1.29, 1.82) is 0 Å². The topological polar surface area (TPSA) is 61.5 Å². The van der Waals surface area contributed by atoms with Gasteiger partial charge >= 0.3 is 5.97 Å². The second-order valence-corrected chi connectivity index (χ2v) is 5.94. The molecule has 0 aliphatic carbocycles. The van der Waals surface area contributed by atoms with Crippen molar-refractivity contribution in [3.05, 3.63) is 29.8 Å². The standard InChI is InChI=1S/C16H25NO3/c1-16(2,3)20-15(18)9-8-13(17)10-12-6-5-7-14(11-12)19-4/h5-7,11,13H,8-10,17H2,1-4H3. The Morgan fingerprint density at radius 1 is 1.35 bits per heavy atom. The minimum Gasteiger partial charge on any atom is -0.497 e. The van der Waals surface area contributed by atoms with Crippen LogP contribution in [-0.4, -0.2) is 24.7 Å². The lowest BCUT2D eigenvalue weighted by Gasteiger charge is -2.20. The fourth-order valence-corrected chi connectivity index (χ4v) is 1.90. The minimum atomic E-state index is -0.437. The number of benzene rings is 1. The molecule has 0 amide bonds. The Bertz CT molecular complexity index is 438. The molecule has 1 unspecified atom stereocenters. The van der Waals surface area contributed by atoms with E-state index in [2.05, 4.69) is 0 Å². The quantitative estimate of drug-likeness (QED) is 0.813. The summed E-state index contributed by atoms with van der Waals surface area (Å²) in [6.45, 7) is 5.59. The van der Waals surface area contributed by atoms with Gasteiger partial charge in [0.2, 0.25) is 0 Å². The third-order valence-electron chi connectivity index (χ3n) is 2.77. The van der Waals surface area contributed by atoms with Crippen LogP contribution in [0.2, 0.25) is 0 Å². The van der Waals surface area contributed by atoms with Crippen molar-refractivity contribution in [2.45, 2.75) is 51.7 Å². The zero-order chi connectivity index (χ0) is 15.2. The number of methoxy groups -OCH3 is 1. The maximum Gasteiger partial charge on any atom is 0.306 e. The highest BCUT2D eigenvalue weighted by molar-refractivity contribution is 5.69. The van der Waals surface area contributed by atoms with E-state index in [1.54, 1.807) is 7.11 Å². The summed E-state index contributed by atoms with van der Waals surface area (Å²) in [7, 11) is 1.64. The van der Waals surface area contributed by atoms with Crippen LogP contribution in [0.25, 0.3) is 0 Å². The predicted molar refractivity (Wildman–Crippen MR) is 79.8 cm³/mol. The van der Waals surface area contributed by atoms with Gasteiger partial charge in [-0.25, -0.2) is 0 Å². The number of esters is 1. The van der Waals surface area contributed by atoms with Crippen molar-refractivity contribution < 1.29 is 14.3 Å². The van der Waals surface area contributed by atoms with E-state index in [1.165, 1.54) is 0 Å². The zero-order valence-electron chi connectivity index (χ0n) is 12.8. The highest BCUT2D eigenvalue weighted by Gasteiger charge is 2.17. The van der Waals surface area contributed by atoms with Crippen LogP contribution in [0, 0.1) is 0 Å². The average Bonchev–Trinajstić information content (AvgIpc) is 2.34. The number of nitrogens with two attached hydrogens (primary N) is 1. The number of hydrogen-bond donors (Lipinski definition) is 1. The first-order valence-corrected chi connectivity index (χ1v) is 6.90. The first-order valence-electron chi connectivity index (χ1n) is 6.90. The van der Waals surface area contributed by atoms with Gasteiger partial charge in [-0.15, -0.1) is 0 Å².